The number of nitrogens with one attached hydrogen (secondary N) is 1. The molecule has 3 aliphatic rings. The zero-order chi connectivity index (χ0) is 83.1. The molecule has 19 nitrogen and oxygen atoms in total. The minimum absolute atomic E-state index is 0.235. The molecule has 3 rings (SSSR count). The fourth-order valence-electron chi connectivity index (χ4n) is 16.1. The van der Waals surface area contributed by atoms with E-state index in [9.17, 15) is 61.0 Å². The number of aliphatic hydroxyl groups excluding tert-OH is 11. The molecule has 17 unspecified atom stereocenters. The zero-order valence-corrected chi connectivity index (χ0v) is 73.0. The first kappa shape index (κ1) is 107. The highest BCUT2D eigenvalue weighted by molar-refractivity contribution is 5.76. The van der Waals surface area contributed by atoms with Gasteiger partial charge in [-0.1, -0.05) is 389 Å². The molecule has 0 bridgehead atoms. The second kappa shape index (κ2) is 75.2. The van der Waals surface area contributed by atoms with Crippen LogP contribution in [0.25, 0.3) is 0 Å². The van der Waals surface area contributed by atoms with Crippen molar-refractivity contribution >= 4 is 5.91 Å². The van der Waals surface area contributed by atoms with Gasteiger partial charge in [0.05, 0.1) is 38.6 Å². The fraction of sp³-hybridized carbons (Fsp3) is 0.885. The number of ether oxygens (including phenoxy) is 6. The van der Waals surface area contributed by atoms with Crippen LogP contribution in [0.4, 0.5) is 0 Å². The summed E-state index contributed by atoms with van der Waals surface area (Å²) in [7, 11) is 0. The molecule has 115 heavy (non-hydrogen) atoms. The number of amides is 1. The summed E-state index contributed by atoms with van der Waals surface area (Å²) in [5, 5.41) is 121. The van der Waals surface area contributed by atoms with Crippen molar-refractivity contribution in [1.29, 1.82) is 0 Å². The highest BCUT2D eigenvalue weighted by Crippen LogP contribution is 2.34. The lowest BCUT2D eigenvalue weighted by molar-refractivity contribution is -0.379. The molecule has 0 aromatic carbocycles. The van der Waals surface area contributed by atoms with Crippen LogP contribution < -0.4 is 5.32 Å². The number of aliphatic hydroxyl groups is 11. The van der Waals surface area contributed by atoms with Crippen LogP contribution in [0.5, 0.6) is 0 Å². The number of carbonyl (C=O) groups excluding carboxylic acids is 1. The molecule has 17 atom stereocenters. The number of unbranched alkanes of at least 4 members (excludes halogenated alkanes) is 55. The Hall–Kier alpha value is -2.51. The summed E-state index contributed by atoms with van der Waals surface area (Å²) in [6, 6.07) is -0.999. The molecule has 3 heterocycles. The van der Waals surface area contributed by atoms with Gasteiger partial charge >= 0.3 is 0 Å². The highest BCUT2D eigenvalue weighted by atomic mass is 16.8. The summed E-state index contributed by atoms with van der Waals surface area (Å²) < 4.78 is 34.5. The van der Waals surface area contributed by atoms with Gasteiger partial charge < -0.3 is 89.9 Å². The van der Waals surface area contributed by atoms with Crippen LogP contribution in [-0.4, -0.2) is 193 Å². The van der Waals surface area contributed by atoms with Gasteiger partial charge in [-0.05, 0) is 77.0 Å². The molecule has 0 aromatic heterocycles. The van der Waals surface area contributed by atoms with Gasteiger partial charge in [-0.15, -0.1) is 0 Å². The number of carbonyl (C=O) groups is 1. The van der Waals surface area contributed by atoms with Crippen molar-refractivity contribution in [3.8, 4) is 0 Å². The van der Waals surface area contributed by atoms with Gasteiger partial charge in [0, 0.05) is 6.42 Å². The SMILES string of the molecule is CCCCCCC/C=C\C/C=C\CCCCCCCCCCCCCCCCCCCCCCCCCCCC(=O)NC(COC1OC(CO)C(OC2OC(CO)C(OC3OC(CO)C(O)C(O)C3O)C(O)C2O)C(O)C1O)C(O)/C=C/CC/C=C/CC/C=C/CCCCCCCCCCCCCCCCCCCCCCCCC. The molecule has 12 N–H and O–H groups in total. The molecular weight excluding hydrogens is 1460 g/mol. The van der Waals surface area contributed by atoms with E-state index in [1.165, 1.54) is 327 Å². The first-order chi connectivity index (χ1) is 56.3. The Morgan fingerprint density at radius 2 is 0.583 bits per heavy atom. The summed E-state index contributed by atoms with van der Waals surface area (Å²) >= 11 is 0. The largest absolute Gasteiger partial charge is 0.394 e. The van der Waals surface area contributed by atoms with Crippen LogP contribution in [0.2, 0.25) is 0 Å². The van der Waals surface area contributed by atoms with Gasteiger partial charge in [0.15, 0.2) is 18.9 Å². The maximum Gasteiger partial charge on any atom is 0.220 e. The summed E-state index contributed by atoms with van der Waals surface area (Å²) in [6.07, 6.45) is 74.0. The van der Waals surface area contributed by atoms with E-state index >= 15 is 0 Å². The van der Waals surface area contributed by atoms with E-state index < -0.39 is 124 Å². The Balaban J connectivity index is 1.31. The van der Waals surface area contributed by atoms with Crippen molar-refractivity contribution in [2.24, 2.45) is 0 Å². The maximum absolute atomic E-state index is 13.5. The van der Waals surface area contributed by atoms with Crippen LogP contribution in [0, 0.1) is 0 Å². The third-order valence-corrected chi connectivity index (χ3v) is 23.8. The number of hydrogen-bond donors (Lipinski definition) is 12. The first-order valence-corrected chi connectivity index (χ1v) is 48.0. The summed E-state index contributed by atoms with van der Waals surface area (Å²) in [5.74, 6) is -0.282. The third kappa shape index (κ3) is 53.2. The highest BCUT2D eigenvalue weighted by Gasteiger charge is 2.54. The van der Waals surface area contributed by atoms with Gasteiger partial charge in [-0.3, -0.25) is 4.79 Å². The quantitative estimate of drug-likeness (QED) is 0.0199. The van der Waals surface area contributed by atoms with E-state index in [1.807, 2.05) is 6.08 Å². The average molecular weight is 1630 g/mol. The number of rotatable bonds is 79. The van der Waals surface area contributed by atoms with Crippen LogP contribution in [-0.2, 0) is 33.2 Å². The van der Waals surface area contributed by atoms with E-state index in [-0.39, 0.29) is 18.9 Å². The van der Waals surface area contributed by atoms with E-state index in [0.29, 0.717) is 12.8 Å². The number of hydrogen-bond acceptors (Lipinski definition) is 18. The van der Waals surface area contributed by atoms with Crippen molar-refractivity contribution in [2.75, 3.05) is 26.4 Å². The summed E-state index contributed by atoms with van der Waals surface area (Å²) in [4.78, 5) is 13.5. The maximum atomic E-state index is 13.5. The lowest BCUT2D eigenvalue weighted by Gasteiger charge is -2.48. The van der Waals surface area contributed by atoms with Gasteiger partial charge in [0.25, 0.3) is 0 Å². The summed E-state index contributed by atoms with van der Waals surface area (Å²) in [6.45, 7) is 1.77. The lowest BCUT2D eigenvalue weighted by atomic mass is 9.96. The van der Waals surface area contributed by atoms with Crippen molar-refractivity contribution < 1.29 is 89.4 Å². The van der Waals surface area contributed by atoms with Crippen molar-refractivity contribution in [3.63, 3.8) is 0 Å². The van der Waals surface area contributed by atoms with Crippen LogP contribution >= 0.6 is 0 Å². The second-order valence-corrected chi connectivity index (χ2v) is 34.2. The molecule has 3 saturated heterocycles. The minimum Gasteiger partial charge on any atom is -0.394 e. The van der Waals surface area contributed by atoms with E-state index in [4.69, 9.17) is 28.4 Å². The molecule has 19 heteroatoms. The first-order valence-electron chi connectivity index (χ1n) is 48.0. The smallest absolute Gasteiger partial charge is 0.220 e. The van der Waals surface area contributed by atoms with E-state index in [1.54, 1.807) is 6.08 Å². The molecular formula is C96H177NO18. The van der Waals surface area contributed by atoms with E-state index in [0.717, 1.165) is 51.4 Å². The normalized spacial score (nSPS) is 24.8. The van der Waals surface area contributed by atoms with Crippen molar-refractivity contribution in [2.45, 2.75) is 516 Å². The molecule has 0 aromatic rings. The van der Waals surface area contributed by atoms with Crippen molar-refractivity contribution in [1.82, 2.24) is 5.32 Å². The Morgan fingerprint density at radius 3 is 0.922 bits per heavy atom. The Bertz CT molecular complexity index is 2310. The third-order valence-electron chi connectivity index (χ3n) is 23.8. The number of allylic oxidation sites excluding steroid dienone is 9. The molecule has 0 spiro atoms. The minimum atomic E-state index is -1.98. The van der Waals surface area contributed by atoms with Crippen LogP contribution in [0.1, 0.15) is 412 Å². The molecule has 3 aliphatic heterocycles. The van der Waals surface area contributed by atoms with Gasteiger partial charge in [-0.25, -0.2) is 0 Å². The van der Waals surface area contributed by atoms with Crippen molar-refractivity contribution in [3.05, 3.63) is 60.8 Å². The fourth-order valence-corrected chi connectivity index (χ4v) is 16.1. The molecule has 1 amide bonds. The Kier molecular flexibility index (Phi) is 69.8. The molecule has 0 saturated carbocycles. The average Bonchev–Trinajstić information content (AvgIpc) is 0.779. The molecule has 0 aliphatic carbocycles. The second-order valence-electron chi connectivity index (χ2n) is 34.2. The molecule has 0 radical (unpaired) electrons. The molecule has 3 fully saturated rings. The van der Waals surface area contributed by atoms with Crippen LogP contribution in [0.3, 0.4) is 0 Å². The Labute approximate surface area is 700 Å². The van der Waals surface area contributed by atoms with Gasteiger partial charge in [0.2, 0.25) is 5.91 Å². The summed E-state index contributed by atoms with van der Waals surface area (Å²) in [5.41, 5.74) is 0. The molecule has 674 valence electrons. The zero-order valence-electron chi connectivity index (χ0n) is 73.0. The predicted octanol–water partition coefficient (Wildman–Crippen LogP) is 19.3. The monoisotopic (exact) mass is 1630 g/mol. The van der Waals surface area contributed by atoms with E-state index in [2.05, 4.69) is 67.8 Å². The van der Waals surface area contributed by atoms with Gasteiger partial charge in [-0.2, -0.15) is 0 Å². The standard InChI is InChI=1S/C96H177NO18/c1-3-5-7-9-11-13-15-17-19-21-23-25-27-29-31-33-35-37-38-39-40-42-44-46-48-50-52-54-56-58-60-62-64-66-68-70-72-74-84(102)97-79(80(101)73-71-69-67-65-63-61-59-57-55-53-51-49-47-45-43-41-36-34-32-30-28-26-24-22-20-18-16-14-12-10-8-6-4-2)78-110-94-90(108)87(105)92(82(76-99)112-94)115-96-91(109)88(106)93(83(77-100)113-96)114-95-89(107)86(104)85(103)81(75-98)111-95/h15,17,21,23,55,57,63,65,71,73,79-83,85-96,98-101,103-109H,3-14,16,18-20,22,24-54,56,58-62,64,66-70,72,74-78H2,1-2H3,(H,97,102)/b17-15-,23-21-,57-55+,65-63+,73-71+. The van der Waals surface area contributed by atoms with Gasteiger partial charge in [0.1, 0.15) is 73.2 Å². The van der Waals surface area contributed by atoms with Crippen LogP contribution in [0.15, 0.2) is 60.8 Å². The Morgan fingerprint density at radius 1 is 0.313 bits per heavy atom. The lowest BCUT2D eigenvalue weighted by Crippen LogP contribution is -2.66. The topological polar surface area (TPSA) is 307 Å². The predicted molar refractivity (Wildman–Crippen MR) is 466 cm³/mol.